The predicted octanol–water partition coefficient (Wildman–Crippen LogP) is 1.39. The van der Waals surface area contributed by atoms with Crippen molar-refractivity contribution in [3.63, 3.8) is 0 Å². The molecule has 0 radical (unpaired) electrons. The molecule has 2 unspecified atom stereocenters. The summed E-state index contributed by atoms with van der Waals surface area (Å²) in [5.74, 6) is 0.632. The van der Waals surface area contributed by atoms with E-state index in [4.69, 9.17) is 0 Å². The Morgan fingerprint density at radius 3 is 2.40 bits per heavy atom. The highest BCUT2D eigenvalue weighted by molar-refractivity contribution is 5.80. The number of carbonyl (C=O) groups is 1. The molecule has 0 aromatic heterocycles. The molecular weight excluding hydrogens is 188 g/mol. The van der Waals surface area contributed by atoms with Crippen LogP contribution < -0.4 is 5.32 Å². The van der Waals surface area contributed by atoms with Gasteiger partial charge in [0.25, 0.3) is 0 Å². The topological polar surface area (TPSA) is 32.3 Å². The molecule has 3 nitrogen and oxygen atoms in total. The number of hydrogen-bond donors (Lipinski definition) is 1. The first kappa shape index (κ1) is 10.9. The maximum Gasteiger partial charge on any atom is 0.227 e. The lowest BCUT2D eigenvalue weighted by Crippen LogP contribution is -2.50. The molecule has 0 aliphatic carbocycles. The fourth-order valence-electron chi connectivity index (χ4n) is 2.93. The number of rotatable bonds is 1. The highest BCUT2D eigenvalue weighted by Gasteiger charge is 2.34. The molecule has 0 aromatic rings. The Morgan fingerprint density at radius 2 is 1.87 bits per heavy atom. The predicted molar refractivity (Wildman–Crippen MR) is 60.6 cm³/mol. The van der Waals surface area contributed by atoms with Gasteiger partial charge in [-0.25, -0.2) is 0 Å². The van der Waals surface area contributed by atoms with Crippen LogP contribution >= 0.6 is 0 Å². The van der Waals surface area contributed by atoms with Gasteiger partial charge in [-0.05, 0) is 46.1 Å². The van der Waals surface area contributed by atoms with Gasteiger partial charge in [0.05, 0.1) is 5.92 Å². The zero-order chi connectivity index (χ0) is 10.8. The molecule has 1 amide bonds. The van der Waals surface area contributed by atoms with Gasteiger partial charge in [0.1, 0.15) is 0 Å². The van der Waals surface area contributed by atoms with Crippen LogP contribution in [0.3, 0.4) is 0 Å². The molecule has 15 heavy (non-hydrogen) atoms. The fraction of sp³-hybridized carbons (Fsp3) is 0.917. The third-order valence-electron chi connectivity index (χ3n) is 3.86. The first-order valence-corrected chi connectivity index (χ1v) is 6.23. The number of nitrogens with one attached hydrogen (secondary N) is 1. The largest absolute Gasteiger partial charge is 0.337 e. The zero-order valence-electron chi connectivity index (χ0n) is 9.83. The van der Waals surface area contributed by atoms with Gasteiger partial charge in [0.15, 0.2) is 0 Å². The monoisotopic (exact) mass is 210 g/mol. The summed E-state index contributed by atoms with van der Waals surface area (Å²) in [5.41, 5.74) is 0. The van der Waals surface area contributed by atoms with Gasteiger partial charge in [0.2, 0.25) is 5.91 Å². The number of piperidine rings is 1. The van der Waals surface area contributed by atoms with Gasteiger partial charge in [-0.1, -0.05) is 0 Å². The first-order valence-electron chi connectivity index (χ1n) is 6.23. The third kappa shape index (κ3) is 2.17. The summed E-state index contributed by atoms with van der Waals surface area (Å²) in [6.07, 6.45) is 4.65. The van der Waals surface area contributed by atoms with Gasteiger partial charge in [-0.2, -0.15) is 0 Å². The molecular formula is C12H22N2O. The lowest BCUT2D eigenvalue weighted by atomic mass is 9.95. The van der Waals surface area contributed by atoms with Crippen LogP contribution in [0.15, 0.2) is 0 Å². The van der Waals surface area contributed by atoms with Gasteiger partial charge in [-0.15, -0.1) is 0 Å². The average molecular weight is 210 g/mol. The Morgan fingerprint density at radius 1 is 1.20 bits per heavy atom. The molecule has 2 aliphatic rings. The molecule has 3 atom stereocenters. The maximum atomic E-state index is 12.3. The first-order chi connectivity index (χ1) is 7.20. The molecule has 2 rings (SSSR count). The standard InChI is InChI=1S/C12H22N2O/c1-9-4-3-5-10(2)14(9)12(15)11-6-7-13-8-11/h9-11,13H,3-8H2,1-2H3/t9?,10?,11-/m1/s1. The van der Waals surface area contributed by atoms with Crippen molar-refractivity contribution < 1.29 is 4.79 Å². The summed E-state index contributed by atoms with van der Waals surface area (Å²) in [4.78, 5) is 14.4. The summed E-state index contributed by atoms with van der Waals surface area (Å²) in [6.45, 7) is 6.27. The normalized spacial score (nSPS) is 36.9. The van der Waals surface area contributed by atoms with Crippen LogP contribution in [0.25, 0.3) is 0 Å². The van der Waals surface area contributed by atoms with Crippen LogP contribution in [-0.2, 0) is 4.79 Å². The van der Waals surface area contributed by atoms with E-state index in [2.05, 4.69) is 24.1 Å². The van der Waals surface area contributed by atoms with E-state index >= 15 is 0 Å². The summed E-state index contributed by atoms with van der Waals surface area (Å²) < 4.78 is 0. The minimum absolute atomic E-state index is 0.244. The van der Waals surface area contributed by atoms with Gasteiger partial charge in [0, 0.05) is 18.6 Å². The maximum absolute atomic E-state index is 12.3. The molecule has 2 heterocycles. The van der Waals surface area contributed by atoms with Crippen molar-refractivity contribution in [2.75, 3.05) is 13.1 Å². The summed E-state index contributed by atoms with van der Waals surface area (Å²) in [5, 5.41) is 3.27. The molecule has 2 fully saturated rings. The molecule has 0 bridgehead atoms. The zero-order valence-corrected chi connectivity index (χ0v) is 9.83. The number of carbonyl (C=O) groups excluding carboxylic acids is 1. The Labute approximate surface area is 92.2 Å². The smallest absolute Gasteiger partial charge is 0.227 e. The average Bonchev–Trinajstić information content (AvgIpc) is 2.69. The van der Waals surface area contributed by atoms with Crippen molar-refractivity contribution in [2.45, 2.75) is 51.6 Å². The van der Waals surface area contributed by atoms with Crippen LogP contribution in [0.2, 0.25) is 0 Å². The highest BCUT2D eigenvalue weighted by atomic mass is 16.2. The van der Waals surface area contributed by atoms with E-state index in [1.165, 1.54) is 19.3 Å². The van der Waals surface area contributed by atoms with E-state index in [0.717, 1.165) is 19.5 Å². The van der Waals surface area contributed by atoms with Crippen LogP contribution in [0, 0.1) is 5.92 Å². The summed E-state index contributed by atoms with van der Waals surface area (Å²) >= 11 is 0. The van der Waals surface area contributed by atoms with Crippen molar-refractivity contribution in [2.24, 2.45) is 5.92 Å². The quantitative estimate of drug-likeness (QED) is 0.709. The SMILES string of the molecule is CC1CCCC(C)N1C(=O)[C@@H]1CCNC1. The molecule has 0 spiro atoms. The van der Waals surface area contributed by atoms with Gasteiger partial charge < -0.3 is 10.2 Å². The van der Waals surface area contributed by atoms with Crippen molar-refractivity contribution >= 4 is 5.91 Å². The Bertz CT molecular complexity index is 226. The van der Waals surface area contributed by atoms with Crippen LogP contribution in [0.5, 0.6) is 0 Å². The second-order valence-corrected chi connectivity index (χ2v) is 5.06. The van der Waals surface area contributed by atoms with Crippen molar-refractivity contribution in [1.82, 2.24) is 10.2 Å². The second-order valence-electron chi connectivity index (χ2n) is 5.06. The molecule has 3 heteroatoms. The number of amides is 1. The van der Waals surface area contributed by atoms with E-state index < -0.39 is 0 Å². The third-order valence-corrected chi connectivity index (χ3v) is 3.86. The lowest BCUT2D eigenvalue weighted by Gasteiger charge is -2.40. The molecule has 86 valence electrons. The minimum Gasteiger partial charge on any atom is -0.337 e. The van der Waals surface area contributed by atoms with E-state index in [1.807, 2.05) is 0 Å². The second kappa shape index (κ2) is 4.52. The highest BCUT2D eigenvalue weighted by Crippen LogP contribution is 2.25. The molecule has 2 aliphatic heterocycles. The van der Waals surface area contributed by atoms with Crippen molar-refractivity contribution in [3.8, 4) is 0 Å². The van der Waals surface area contributed by atoms with Crippen molar-refractivity contribution in [3.05, 3.63) is 0 Å². The van der Waals surface area contributed by atoms with Crippen LogP contribution in [0.1, 0.15) is 39.5 Å². The molecule has 0 saturated carbocycles. The lowest BCUT2D eigenvalue weighted by molar-refractivity contribution is -0.141. The molecule has 2 saturated heterocycles. The van der Waals surface area contributed by atoms with E-state index in [0.29, 0.717) is 18.0 Å². The number of nitrogens with zero attached hydrogens (tertiary/aromatic N) is 1. The van der Waals surface area contributed by atoms with Gasteiger partial charge >= 0.3 is 0 Å². The van der Waals surface area contributed by atoms with E-state index in [9.17, 15) is 4.79 Å². The van der Waals surface area contributed by atoms with E-state index in [-0.39, 0.29) is 5.92 Å². The van der Waals surface area contributed by atoms with Gasteiger partial charge in [-0.3, -0.25) is 4.79 Å². The summed E-state index contributed by atoms with van der Waals surface area (Å²) in [7, 11) is 0. The van der Waals surface area contributed by atoms with Crippen LogP contribution in [-0.4, -0.2) is 36.0 Å². The van der Waals surface area contributed by atoms with Crippen molar-refractivity contribution in [1.29, 1.82) is 0 Å². The fourth-order valence-corrected chi connectivity index (χ4v) is 2.93. The minimum atomic E-state index is 0.244. The Balaban J connectivity index is 2.02. The number of hydrogen-bond acceptors (Lipinski definition) is 2. The molecule has 1 N–H and O–H groups in total. The number of likely N-dealkylation sites (tertiary alicyclic amines) is 1. The Kier molecular flexibility index (Phi) is 3.29. The van der Waals surface area contributed by atoms with Crippen LogP contribution in [0.4, 0.5) is 0 Å². The summed E-state index contributed by atoms with van der Waals surface area (Å²) in [6, 6.07) is 0.892. The van der Waals surface area contributed by atoms with E-state index in [1.54, 1.807) is 0 Å². The molecule has 0 aromatic carbocycles. The Hall–Kier alpha value is -0.570.